The molecular weight excluding hydrogens is 477 g/mol. The molecule has 0 spiro atoms. The van der Waals surface area contributed by atoms with Crippen LogP contribution in [0.15, 0.2) is 47.1 Å². The first-order chi connectivity index (χ1) is 16.3. The van der Waals surface area contributed by atoms with Gasteiger partial charge in [-0.3, -0.25) is 4.79 Å². The van der Waals surface area contributed by atoms with Crippen molar-refractivity contribution in [2.75, 3.05) is 5.75 Å². The predicted octanol–water partition coefficient (Wildman–Crippen LogP) is 6.50. The zero-order chi connectivity index (χ0) is 26.1. The van der Waals surface area contributed by atoms with Gasteiger partial charge in [0.15, 0.2) is 15.6 Å². The van der Waals surface area contributed by atoms with Crippen molar-refractivity contribution in [1.82, 2.24) is 0 Å². The Labute approximate surface area is 204 Å². The van der Waals surface area contributed by atoms with Crippen molar-refractivity contribution < 1.29 is 31.5 Å². The molecule has 8 heteroatoms. The zero-order valence-electron chi connectivity index (χ0n) is 20.4. The number of carbonyl (C=O) groups is 1. The fourth-order valence-electron chi connectivity index (χ4n) is 4.86. The van der Waals surface area contributed by atoms with Crippen LogP contribution in [0.1, 0.15) is 61.4 Å². The van der Waals surface area contributed by atoms with Crippen LogP contribution in [-0.4, -0.2) is 25.1 Å². The summed E-state index contributed by atoms with van der Waals surface area (Å²) in [6.45, 7) is 7.69. The molecule has 0 saturated carbocycles. The first kappa shape index (κ1) is 27.0. The van der Waals surface area contributed by atoms with Gasteiger partial charge in [-0.05, 0) is 72.6 Å². The fraction of sp³-hybridized carbons (Fsp3) is 0.444. The van der Waals surface area contributed by atoms with E-state index in [2.05, 4.69) is 0 Å². The number of aryl methyl sites for hydroxylation is 3. The average Bonchev–Trinajstić information content (AvgIpc) is 2.78. The predicted molar refractivity (Wildman–Crippen MR) is 130 cm³/mol. The van der Waals surface area contributed by atoms with Gasteiger partial charge < -0.3 is 5.11 Å². The molecule has 1 aliphatic carbocycles. The Kier molecular flexibility index (Phi) is 7.84. The lowest BCUT2D eigenvalue weighted by Gasteiger charge is -2.29. The van der Waals surface area contributed by atoms with Crippen molar-refractivity contribution in [2.24, 2.45) is 11.8 Å². The number of allylic oxidation sites excluding steroid dienone is 2. The molecule has 0 aliphatic heterocycles. The maximum absolute atomic E-state index is 13.2. The lowest BCUT2D eigenvalue weighted by Crippen LogP contribution is -2.28. The summed E-state index contributed by atoms with van der Waals surface area (Å²) in [7, 11) is -3.87. The Balaban J connectivity index is 1.85. The molecule has 2 atom stereocenters. The van der Waals surface area contributed by atoms with Crippen molar-refractivity contribution in [3.05, 3.63) is 70.0 Å². The molecule has 2 unspecified atom stereocenters. The highest BCUT2D eigenvalue weighted by Gasteiger charge is 2.35. The molecule has 2 aromatic rings. The van der Waals surface area contributed by atoms with Crippen molar-refractivity contribution in [1.29, 1.82) is 0 Å². The Morgan fingerprint density at radius 3 is 2.03 bits per heavy atom. The Bertz CT molecular complexity index is 1220. The molecule has 0 radical (unpaired) electrons. The van der Waals surface area contributed by atoms with E-state index in [0.29, 0.717) is 18.4 Å². The highest BCUT2D eigenvalue weighted by molar-refractivity contribution is 7.91. The van der Waals surface area contributed by atoms with Crippen molar-refractivity contribution in [2.45, 2.75) is 64.5 Å². The first-order valence-electron chi connectivity index (χ1n) is 11.8. The fourth-order valence-corrected chi connectivity index (χ4v) is 6.57. The molecule has 1 aliphatic rings. The van der Waals surface area contributed by atoms with Gasteiger partial charge in [0.25, 0.3) is 0 Å². The number of benzene rings is 2. The average molecular weight is 509 g/mol. The van der Waals surface area contributed by atoms with Crippen molar-refractivity contribution >= 4 is 21.2 Å². The number of carbonyl (C=O) groups excluding carboxylic acids is 1. The molecule has 0 fully saturated rings. The van der Waals surface area contributed by atoms with Gasteiger partial charge in [-0.15, -0.1) is 0 Å². The summed E-state index contributed by atoms with van der Waals surface area (Å²) in [6, 6.07) is 7.47. The van der Waals surface area contributed by atoms with E-state index >= 15 is 0 Å². The molecule has 0 aromatic heterocycles. The number of Topliss-reactive ketones (excluding diaryl/α,β-unsaturated/α-hetero) is 1. The van der Waals surface area contributed by atoms with Gasteiger partial charge in [-0.2, -0.15) is 13.2 Å². The van der Waals surface area contributed by atoms with Gasteiger partial charge in [0.05, 0.1) is 21.8 Å². The number of alkyl halides is 3. The second-order valence-electron chi connectivity index (χ2n) is 9.36. The van der Waals surface area contributed by atoms with Crippen LogP contribution in [0.2, 0.25) is 0 Å². The highest BCUT2D eigenvalue weighted by Crippen LogP contribution is 2.39. The molecule has 0 bridgehead atoms. The largest absolute Gasteiger partial charge is 0.512 e. The zero-order valence-corrected chi connectivity index (χ0v) is 21.2. The highest BCUT2D eigenvalue weighted by atomic mass is 32.2. The van der Waals surface area contributed by atoms with Gasteiger partial charge in [-0.1, -0.05) is 38.5 Å². The lowest BCUT2D eigenvalue weighted by molar-refractivity contribution is -0.137. The third kappa shape index (κ3) is 5.80. The van der Waals surface area contributed by atoms with Crippen LogP contribution >= 0.6 is 0 Å². The van der Waals surface area contributed by atoms with Crippen LogP contribution in [0.5, 0.6) is 0 Å². The van der Waals surface area contributed by atoms with Gasteiger partial charge >= 0.3 is 6.18 Å². The van der Waals surface area contributed by atoms with Gasteiger partial charge in [0.2, 0.25) is 0 Å². The standard InChI is InChI=1S/C27H31F3O4S/c1-5-18-11-16(3)12-19(6-2)25(18)26-23(31)13-20(14-24(26)32)17(4)15-35(33,34)22-9-7-21(8-10-22)27(28,29)30/h7-12,17,20,31H,5-6,13-15H2,1-4H3. The van der Waals surface area contributed by atoms with Crippen LogP contribution in [0.25, 0.3) is 5.57 Å². The SMILES string of the molecule is CCc1cc(C)cc(CC)c1C1=C(O)CC(C(C)CS(=O)(=O)c2ccc(C(F)(F)F)cc2)CC1=O. The number of hydrogen-bond acceptors (Lipinski definition) is 4. The number of sulfone groups is 1. The number of aliphatic hydroxyl groups excluding tert-OH is 1. The van der Waals surface area contributed by atoms with Gasteiger partial charge in [0, 0.05) is 12.8 Å². The quantitative estimate of drug-likeness (QED) is 0.464. The second-order valence-corrected chi connectivity index (χ2v) is 11.4. The van der Waals surface area contributed by atoms with Crippen molar-refractivity contribution in [3.8, 4) is 0 Å². The summed E-state index contributed by atoms with van der Waals surface area (Å²) in [6.07, 6.45) is -2.86. The molecule has 2 aromatic carbocycles. The van der Waals surface area contributed by atoms with E-state index in [1.807, 2.05) is 32.9 Å². The van der Waals surface area contributed by atoms with Crippen LogP contribution < -0.4 is 0 Å². The summed E-state index contributed by atoms with van der Waals surface area (Å²) in [5.74, 6) is -1.45. The summed E-state index contributed by atoms with van der Waals surface area (Å²) >= 11 is 0. The van der Waals surface area contributed by atoms with Crippen LogP contribution in [0, 0.1) is 18.8 Å². The topological polar surface area (TPSA) is 71.4 Å². The molecule has 0 saturated heterocycles. The number of rotatable bonds is 7. The molecule has 1 N–H and O–H groups in total. The van der Waals surface area contributed by atoms with Gasteiger partial charge in [0.1, 0.15) is 5.76 Å². The maximum Gasteiger partial charge on any atom is 0.416 e. The van der Waals surface area contributed by atoms with E-state index in [4.69, 9.17) is 0 Å². The van der Waals surface area contributed by atoms with E-state index in [1.165, 1.54) is 0 Å². The monoisotopic (exact) mass is 508 g/mol. The third-order valence-corrected chi connectivity index (χ3v) is 8.71. The molecule has 190 valence electrons. The minimum atomic E-state index is -4.55. The first-order valence-corrected chi connectivity index (χ1v) is 13.4. The second kappa shape index (κ2) is 10.2. The summed E-state index contributed by atoms with van der Waals surface area (Å²) in [5.41, 5.74) is 3.27. The van der Waals surface area contributed by atoms with Crippen molar-refractivity contribution in [3.63, 3.8) is 0 Å². The minimum absolute atomic E-state index is 0.0294. The molecular formula is C27H31F3O4S. The Morgan fingerprint density at radius 1 is 1.03 bits per heavy atom. The molecule has 35 heavy (non-hydrogen) atoms. The lowest BCUT2D eigenvalue weighted by atomic mass is 9.76. The summed E-state index contributed by atoms with van der Waals surface area (Å²) in [5, 5.41) is 10.9. The summed E-state index contributed by atoms with van der Waals surface area (Å²) < 4.78 is 64.1. The summed E-state index contributed by atoms with van der Waals surface area (Å²) in [4.78, 5) is 13.0. The number of aliphatic hydroxyl groups is 1. The van der Waals surface area contributed by atoms with Gasteiger partial charge in [-0.25, -0.2) is 8.42 Å². The minimum Gasteiger partial charge on any atom is -0.512 e. The van der Waals surface area contributed by atoms with E-state index in [-0.39, 0.29) is 35.0 Å². The van der Waals surface area contributed by atoms with Crippen LogP contribution in [0.3, 0.4) is 0 Å². The Morgan fingerprint density at radius 2 is 1.57 bits per heavy atom. The van der Waals surface area contributed by atoms with E-state index in [1.54, 1.807) is 6.92 Å². The molecule has 4 nitrogen and oxygen atoms in total. The van der Waals surface area contributed by atoms with E-state index in [0.717, 1.165) is 46.5 Å². The van der Waals surface area contributed by atoms with E-state index in [9.17, 15) is 31.5 Å². The maximum atomic E-state index is 13.2. The smallest absolute Gasteiger partial charge is 0.416 e. The van der Waals surface area contributed by atoms with Crippen LogP contribution in [0.4, 0.5) is 13.2 Å². The molecule has 0 heterocycles. The molecule has 0 amide bonds. The normalized spacial score (nSPS) is 18.1. The number of hydrogen-bond donors (Lipinski definition) is 1. The van der Waals surface area contributed by atoms with Crippen LogP contribution in [-0.2, 0) is 33.6 Å². The molecule has 3 rings (SSSR count). The Hall–Kier alpha value is -2.61. The third-order valence-electron chi connectivity index (χ3n) is 6.76. The number of halogens is 3. The van der Waals surface area contributed by atoms with E-state index < -0.39 is 33.4 Å². The number of ketones is 1.